The molecule has 3 atom stereocenters. The number of fused-ring (bicyclic) bond motifs is 2. The molecule has 3 rings (SSSR count). The second-order valence-electron chi connectivity index (χ2n) is 6.21. The molecule has 3 fully saturated rings. The molecule has 0 aromatic rings. The van der Waals surface area contributed by atoms with Crippen molar-refractivity contribution < 1.29 is 0 Å². The lowest BCUT2D eigenvalue weighted by Gasteiger charge is -2.37. The van der Waals surface area contributed by atoms with Gasteiger partial charge in [0.1, 0.15) is 0 Å². The van der Waals surface area contributed by atoms with Crippen LogP contribution in [0, 0.1) is 5.92 Å². The van der Waals surface area contributed by atoms with E-state index in [0.29, 0.717) is 0 Å². The van der Waals surface area contributed by atoms with Gasteiger partial charge in [-0.15, -0.1) is 0 Å². The van der Waals surface area contributed by atoms with Gasteiger partial charge in [0.25, 0.3) is 0 Å². The molecule has 2 nitrogen and oxygen atoms in total. The highest BCUT2D eigenvalue weighted by Gasteiger charge is 2.38. The van der Waals surface area contributed by atoms with Crippen molar-refractivity contribution in [2.75, 3.05) is 25.1 Å². The molecule has 0 spiro atoms. The minimum atomic E-state index is 0.811. The summed E-state index contributed by atoms with van der Waals surface area (Å²) in [7, 11) is 2.34. The van der Waals surface area contributed by atoms with Gasteiger partial charge in [-0.25, -0.2) is 0 Å². The molecule has 98 valence electrons. The van der Waals surface area contributed by atoms with Gasteiger partial charge in [0, 0.05) is 23.9 Å². The molecule has 0 aromatic carbocycles. The Balaban J connectivity index is 1.44. The summed E-state index contributed by atoms with van der Waals surface area (Å²) in [5.41, 5.74) is 0. The summed E-state index contributed by atoms with van der Waals surface area (Å²) in [6.07, 6.45) is 8.63. The summed E-state index contributed by atoms with van der Waals surface area (Å²) in [5, 5.41) is 3.84. The Bertz CT molecular complexity index is 239. The molecule has 0 radical (unpaired) electrons. The highest BCUT2D eigenvalue weighted by molar-refractivity contribution is 7.99. The largest absolute Gasteiger partial charge is 0.313 e. The fourth-order valence-corrected chi connectivity index (χ4v) is 5.03. The molecular weight excluding hydrogens is 228 g/mol. The number of hydrogen-bond donors (Lipinski definition) is 1. The van der Waals surface area contributed by atoms with Crippen molar-refractivity contribution in [2.45, 2.75) is 56.7 Å². The van der Waals surface area contributed by atoms with Crippen LogP contribution in [0.15, 0.2) is 0 Å². The zero-order valence-corrected chi connectivity index (χ0v) is 11.8. The Morgan fingerprint density at radius 3 is 2.59 bits per heavy atom. The smallest absolute Gasteiger partial charge is 0.0158 e. The fourth-order valence-electron chi connectivity index (χ4n) is 3.93. The van der Waals surface area contributed by atoms with E-state index in [1.165, 1.54) is 56.6 Å². The van der Waals surface area contributed by atoms with Gasteiger partial charge < -0.3 is 10.2 Å². The third kappa shape index (κ3) is 2.82. The predicted octanol–water partition coefficient (Wildman–Crippen LogP) is 2.34. The van der Waals surface area contributed by atoms with Crippen LogP contribution in [0.4, 0.5) is 0 Å². The van der Waals surface area contributed by atoms with E-state index in [1.54, 1.807) is 0 Å². The molecule has 0 aliphatic carbocycles. The minimum Gasteiger partial charge on any atom is -0.313 e. The number of hydrogen-bond acceptors (Lipinski definition) is 3. The van der Waals surface area contributed by atoms with Crippen molar-refractivity contribution in [1.82, 2.24) is 10.2 Å². The first-order valence-electron chi connectivity index (χ1n) is 7.36. The number of piperidine rings is 1. The minimum absolute atomic E-state index is 0.811. The topological polar surface area (TPSA) is 15.3 Å². The van der Waals surface area contributed by atoms with Gasteiger partial charge in [0.05, 0.1) is 0 Å². The monoisotopic (exact) mass is 254 g/mol. The Labute approximate surface area is 110 Å². The van der Waals surface area contributed by atoms with Crippen LogP contribution in [0.5, 0.6) is 0 Å². The third-order valence-electron chi connectivity index (χ3n) is 5.05. The normalized spacial score (nSPS) is 42.9. The van der Waals surface area contributed by atoms with Gasteiger partial charge in [-0.1, -0.05) is 0 Å². The zero-order valence-electron chi connectivity index (χ0n) is 11.0. The quantitative estimate of drug-likeness (QED) is 0.832. The van der Waals surface area contributed by atoms with Crippen molar-refractivity contribution >= 4 is 11.8 Å². The first kappa shape index (κ1) is 12.3. The molecule has 3 aliphatic heterocycles. The van der Waals surface area contributed by atoms with Gasteiger partial charge >= 0.3 is 0 Å². The van der Waals surface area contributed by atoms with Gasteiger partial charge in [-0.3, -0.25) is 0 Å². The summed E-state index contributed by atoms with van der Waals surface area (Å²) in [6.45, 7) is 1.28. The second-order valence-corrected chi connectivity index (χ2v) is 7.36. The van der Waals surface area contributed by atoms with E-state index >= 15 is 0 Å². The Kier molecular flexibility index (Phi) is 3.98. The van der Waals surface area contributed by atoms with Crippen molar-refractivity contribution in [3.8, 4) is 0 Å². The molecular formula is C14H26N2S. The first-order chi connectivity index (χ1) is 8.33. The van der Waals surface area contributed by atoms with E-state index in [4.69, 9.17) is 0 Å². The van der Waals surface area contributed by atoms with Gasteiger partial charge in [-0.05, 0) is 63.8 Å². The molecule has 3 saturated heterocycles. The highest BCUT2D eigenvalue weighted by Crippen LogP contribution is 2.37. The van der Waals surface area contributed by atoms with Crippen LogP contribution >= 0.6 is 11.8 Å². The average molecular weight is 254 g/mol. The van der Waals surface area contributed by atoms with E-state index in [-0.39, 0.29) is 0 Å². The van der Waals surface area contributed by atoms with Crippen LogP contribution in [0.3, 0.4) is 0 Å². The van der Waals surface area contributed by atoms with Crippen LogP contribution < -0.4 is 5.32 Å². The first-order valence-corrected chi connectivity index (χ1v) is 8.51. The van der Waals surface area contributed by atoms with Crippen molar-refractivity contribution in [3.63, 3.8) is 0 Å². The summed E-state index contributed by atoms with van der Waals surface area (Å²) < 4.78 is 0. The average Bonchev–Trinajstić information content (AvgIpc) is 2.61. The molecule has 0 amide bonds. The third-order valence-corrected chi connectivity index (χ3v) is 6.27. The SMILES string of the molecule is CN1C2CCC1CC(CNC1CCCSC1)C2. The van der Waals surface area contributed by atoms with Crippen LogP contribution in [0.25, 0.3) is 0 Å². The molecule has 3 aliphatic rings. The van der Waals surface area contributed by atoms with Crippen LogP contribution in [-0.4, -0.2) is 48.1 Å². The van der Waals surface area contributed by atoms with E-state index in [0.717, 1.165) is 24.0 Å². The lowest BCUT2D eigenvalue weighted by Crippen LogP contribution is -2.44. The molecule has 17 heavy (non-hydrogen) atoms. The molecule has 2 bridgehead atoms. The fraction of sp³-hybridized carbons (Fsp3) is 1.00. The van der Waals surface area contributed by atoms with E-state index in [2.05, 4.69) is 29.0 Å². The molecule has 3 unspecified atom stereocenters. The van der Waals surface area contributed by atoms with Crippen molar-refractivity contribution in [2.24, 2.45) is 5.92 Å². The summed E-state index contributed by atoms with van der Waals surface area (Å²) in [4.78, 5) is 2.65. The maximum Gasteiger partial charge on any atom is 0.0158 e. The number of nitrogens with one attached hydrogen (secondary N) is 1. The summed E-state index contributed by atoms with van der Waals surface area (Å²) in [6, 6.07) is 2.62. The molecule has 0 saturated carbocycles. The number of rotatable bonds is 3. The lowest BCUT2D eigenvalue weighted by atomic mass is 9.91. The van der Waals surface area contributed by atoms with Crippen LogP contribution in [0.1, 0.15) is 38.5 Å². The molecule has 3 heteroatoms. The molecule has 1 N–H and O–H groups in total. The molecule has 0 aromatic heterocycles. The zero-order chi connectivity index (χ0) is 11.7. The summed E-state index contributed by atoms with van der Waals surface area (Å²) in [5.74, 6) is 3.69. The maximum atomic E-state index is 3.84. The maximum absolute atomic E-state index is 3.84. The highest BCUT2D eigenvalue weighted by atomic mass is 32.2. The van der Waals surface area contributed by atoms with Crippen LogP contribution in [0.2, 0.25) is 0 Å². The molecule has 3 heterocycles. The predicted molar refractivity (Wildman–Crippen MR) is 75.6 cm³/mol. The van der Waals surface area contributed by atoms with Gasteiger partial charge in [0.2, 0.25) is 0 Å². The lowest BCUT2D eigenvalue weighted by molar-refractivity contribution is 0.131. The van der Waals surface area contributed by atoms with Gasteiger partial charge in [0.15, 0.2) is 0 Å². The van der Waals surface area contributed by atoms with Crippen molar-refractivity contribution in [1.29, 1.82) is 0 Å². The Hall–Kier alpha value is 0.270. The van der Waals surface area contributed by atoms with Crippen molar-refractivity contribution in [3.05, 3.63) is 0 Å². The standard InChI is InChI=1S/C14H26N2S/c1-16-13-4-5-14(16)8-11(7-13)9-15-12-3-2-6-17-10-12/h11-15H,2-10H2,1H3. The number of thioether (sulfide) groups is 1. The van der Waals surface area contributed by atoms with E-state index < -0.39 is 0 Å². The summed E-state index contributed by atoms with van der Waals surface area (Å²) >= 11 is 2.13. The van der Waals surface area contributed by atoms with E-state index in [1.807, 2.05) is 0 Å². The van der Waals surface area contributed by atoms with Crippen LogP contribution in [-0.2, 0) is 0 Å². The second kappa shape index (κ2) is 5.50. The Morgan fingerprint density at radius 2 is 1.94 bits per heavy atom. The Morgan fingerprint density at radius 1 is 1.18 bits per heavy atom. The number of nitrogens with zero attached hydrogens (tertiary/aromatic N) is 1. The van der Waals surface area contributed by atoms with E-state index in [9.17, 15) is 0 Å². The van der Waals surface area contributed by atoms with Gasteiger partial charge in [-0.2, -0.15) is 11.8 Å².